The molecule has 1 fully saturated rings. The van der Waals surface area contributed by atoms with E-state index >= 15 is 0 Å². The van der Waals surface area contributed by atoms with E-state index in [0.29, 0.717) is 6.61 Å². The molecule has 1 aliphatic rings. The molecule has 1 rings (SSSR count). The van der Waals surface area contributed by atoms with Crippen molar-refractivity contribution in [2.45, 2.75) is 31.5 Å². The van der Waals surface area contributed by atoms with Crippen LogP contribution in [-0.4, -0.2) is 28.2 Å². The Morgan fingerprint density at radius 3 is 2.15 bits per heavy atom. The molecular formula is C6H10N2O5. The van der Waals surface area contributed by atoms with Crippen molar-refractivity contribution in [2.24, 2.45) is 0 Å². The third-order valence-corrected chi connectivity index (χ3v) is 2.20. The summed E-state index contributed by atoms with van der Waals surface area (Å²) in [7, 11) is 0. The van der Waals surface area contributed by atoms with Gasteiger partial charge in [-0.25, -0.2) is 0 Å². The SMILES string of the molecule is CCC(CC1CO1)([N+](=O)[O-])[N+](=O)[O-]. The Labute approximate surface area is 74.0 Å². The fourth-order valence-electron chi connectivity index (χ4n) is 1.17. The third-order valence-electron chi connectivity index (χ3n) is 2.20. The molecule has 0 aromatic carbocycles. The Kier molecular flexibility index (Phi) is 2.46. The lowest BCUT2D eigenvalue weighted by atomic mass is 10.0. The molecule has 0 saturated carbocycles. The third kappa shape index (κ3) is 1.74. The largest absolute Gasteiger partial charge is 0.460 e. The maximum Gasteiger partial charge on any atom is 0.460 e. The fourth-order valence-corrected chi connectivity index (χ4v) is 1.17. The topological polar surface area (TPSA) is 98.8 Å². The lowest BCUT2D eigenvalue weighted by molar-refractivity contribution is -0.798. The maximum absolute atomic E-state index is 10.6. The monoisotopic (exact) mass is 190 g/mol. The Balaban J connectivity index is 2.79. The van der Waals surface area contributed by atoms with Gasteiger partial charge in [0, 0.05) is 0 Å². The van der Waals surface area contributed by atoms with Gasteiger partial charge < -0.3 is 4.74 Å². The van der Waals surface area contributed by atoms with Gasteiger partial charge in [-0.3, -0.25) is 20.2 Å². The number of hydrogen-bond acceptors (Lipinski definition) is 5. The predicted molar refractivity (Wildman–Crippen MR) is 41.4 cm³/mol. The zero-order valence-electron chi connectivity index (χ0n) is 7.13. The lowest BCUT2D eigenvalue weighted by Gasteiger charge is -2.13. The molecule has 1 aliphatic heterocycles. The second kappa shape index (κ2) is 3.25. The zero-order chi connectivity index (χ0) is 10.1. The van der Waals surface area contributed by atoms with Crippen LogP contribution in [0.1, 0.15) is 19.8 Å². The summed E-state index contributed by atoms with van der Waals surface area (Å²) in [5, 5.41) is 21.1. The van der Waals surface area contributed by atoms with Crippen molar-refractivity contribution in [3.05, 3.63) is 20.2 Å². The average molecular weight is 190 g/mol. The van der Waals surface area contributed by atoms with Crippen LogP contribution in [-0.2, 0) is 4.74 Å². The van der Waals surface area contributed by atoms with Crippen LogP contribution in [0.2, 0.25) is 0 Å². The first-order valence-corrected chi connectivity index (χ1v) is 3.93. The van der Waals surface area contributed by atoms with E-state index in [1.165, 1.54) is 6.92 Å². The van der Waals surface area contributed by atoms with Crippen molar-refractivity contribution in [3.63, 3.8) is 0 Å². The summed E-state index contributed by atoms with van der Waals surface area (Å²) in [4.78, 5) is 19.5. The predicted octanol–water partition coefficient (Wildman–Crippen LogP) is 0.435. The van der Waals surface area contributed by atoms with Crippen molar-refractivity contribution in [1.29, 1.82) is 0 Å². The molecule has 1 heterocycles. The molecule has 7 nitrogen and oxygen atoms in total. The smallest absolute Gasteiger partial charge is 0.373 e. The molecule has 74 valence electrons. The van der Waals surface area contributed by atoms with E-state index in [0.717, 1.165) is 0 Å². The van der Waals surface area contributed by atoms with Crippen LogP contribution in [0.25, 0.3) is 0 Å². The summed E-state index contributed by atoms with van der Waals surface area (Å²) in [6.45, 7) is 1.83. The summed E-state index contributed by atoms with van der Waals surface area (Å²) >= 11 is 0. The van der Waals surface area contributed by atoms with Crippen LogP contribution in [0, 0.1) is 20.2 Å². The number of ether oxygens (including phenoxy) is 1. The van der Waals surface area contributed by atoms with Crippen molar-refractivity contribution in [1.82, 2.24) is 0 Å². The second-order valence-electron chi connectivity index (χ2n) is 3.01. The van der Waals surface area contributed by atoms with E-state index in [4.69, 9.17) is 4.74 Å². The number of rotatable bonds is 5. The highest BCUT2D eigenvalue weighted by Gasteiger charge is 2.57. The van der Waals surface area contributed by atoms with E-state index in [-0.39, 0.29) is 18.9 Å². The van der Waals surface area contributed by atoms with Gasteiger partial charge >= 0.3 is 5.66 Å². The lowest BCUT2D eigenvalue weighted by Crippen LogP contribution is -2.46. The molecule has 7 heteroatoms. The molecular weight excluding hydrogens is 180 g/mol. The van der Waals surface area contributed by atoms with Crippen LogP contribution in [0.5, 0.6) is 0 Å². The molecule has 13 heavy (non-hydrogen) atoms. The zero-order valence-corrected chi connectivity index (χ0v) is 7.13. The highest BCUT2D eigenvalue weighted by Crippen LogP contribution is 2.28. The molecule has 0 amide bonds. The number of nitrogens with zero attached hydrogens (tertiary/aromatic N) is 2. The Morgan fingerprint density at radius 1 is 1.46 bits per heavy atom. The van der Waals surface area contributed by atoms with E-state index < -0.39 is 15.5 Å². The maximum atomic E-state index is 10.6. The molecule has 0 aliphatic carbocycles. The summed E-state index contributed by atoms with van der Waals surface area (Å²) in [5.41, 5.74) is -2.05. The highest BCUT2D eigenvalue weighted by atomic mass is 16.7. The average Bonchev–Trinajstić information content (AvgIpc) is 2.82. The van der Waals surface area contributed by atoms with E-state index in [1.54, 1.807) is 0 Å². The molecule has 1 atom stereocenters. The van der Waals surface area contributed by atoms with Crippen LogP contribution < -0.4 is 0 Å². The molecule has 1 saturated heterocycles. The minimum atomic E-state index is -2.05. The van der Waals surface area contributed by atoms with Crippen molar-refractivity contribution < 1.29 is 14.6 Å². The minimum Gasteiger partial charge on any atom is -0.373 e. The Morgan fingerprint density at radius 2 is 1.92 bits per heavy atom. The first-order valence-electron chi connectivity index (χ1n) is 3.93. The van der Waals surface area contributed by atoms with Gasteiger partial charge in [-0.05, 0) is 0 Å². The molecule has 0 spiro atoms. The van der Waals surface area contributed by atoms with Gasteiger partial charge in [0.1, 0.15) is 6.42 Å². The van der Waals surface area contributed by atoms with E-state index in [2.05, 4.69) is 0 Å². The Hall–Kier alpha value is -1.24. The van der Waals surface area contributed by atoms with Gasteiger partial charge in [0.15, 0.2) is 0 Å². The van der Waals surface area contributed by atoms with Crippen molar-refractivity contribution in [2.75, 3.05) is 6.61 Å². The second-order valence-corrected chi connectivity index (χ2v) is 3.01. The van der Waals surface area contributed by atoms with Crippen LogP contribution in [0.4, 0.5) is 0 Å². The standard InChI is InChI=1S/C6H10N2O5/c1-2-6(7(9)10,8(11)12)3-5-4-13-5/h5H,2-4H2,1H3. The normalized spacial score (nSPS) is 21.2. The molecule has 0 N–H and O–H groups in total. The van der Waals surface area contributed by atoms with Gasteiger partial charge in [0.2, 0.25) is 0 Å². The minimum absolute atomic E-state index is 0.118. The molecule has 0 aromatic rings. The molecule has 0 bridgehead atoms. The number of epoxide rings is 1. The molecule has 0 aromatic heterocycles. The van der Waals surface area contributed by atoms with Gasteiger partial charge in [0.05, 0.1) is 29.0 Å². The molecule has 0 radical (unpaired) electrons. The number of hydrogen-bond donors (Lipinski definition) is 0. The summed E-state index contributed by atoms with van der Waals surface area (Å²) < 4.78 is 4.76. The summed E-state index contributed by atoms with van der Waals surface area (Å²) in [5.74, 6) is 0. The van der Waals surface area contributed by atoms with Gasteiger partial charge in [-0.2, -0.15) is 0 Å². The van der Waals surface area contributed by atoms with Gasteiger partial charge in [0.25, 0.3) is 0 Å². The van der Waals surface area contributed by atoms with Gasteiger partial charge in [-0.1, -0.05) is 6.92 Å². The highest BCUT2D eigenvalue weighted by molar-refractivity contribution is 4.78. The first kappa shape index (κ1) is 9.85. The summed E-state index contributed by atoms with van der Waals surface area (Å²) in [6, 6.07) is 0. The van der Waals surface area contributed by atoms with Crippen LogP contribution in [0.15, 0.2) is 0 Å². The first-order chi connectivity index (χ1) is 6.03. The Bertz CT molecular complexity index is 223. The fraction of sp³-hybridized carbons (Fsp3) is 1.00. The quantitative estimate of drug-likeness (QED) is 0.271. The van der Waals surface area contributed by atoms with Gasteiger partial charge in [-0.15, -0.1) is 0 Å². The van der Waals surface area contributed by atoms with Crippen molar-refractivity contribution >= 4 is 0 Å². The van der Waals surface area contributed by atoms with E-state index in [9.17, 15) is 20.2 Å². The molecule has 1 unspecified atom stereocenters. The number of nitro groups is 2. The summed E-state index contributed by atoms with van der Waals surface area (Å²) in [6.07, 6.45) is -0.563. The van der Waals surface area contributed by atoms with Crippen LogP contribution >= 0.6 is 0 Å². The van der Waals surface area contributed by atoms with Crippen molar-refractivity contribution in [3.8, 4) is 0 Å². The van der Waals surface area contributed by atoms with Crippen LogP contribution in [0.3, 0.4) is 0 Å². The van der Waals surface area contributed by atoms with E-state index in [1.807, 2.05) is 0 Å².